The summed E-state index contributed by atoms with van der Waals surface area (Å²) in [5.74, 6) is -1.16. The number of hydrogen-bond donors (Lipinski definition) is 1. The largest absolute Gasteiger partial charge is 0.493 e. The maximum atomic E-state index is 13.5. The molecule has 1 atom stereocenters. The van der Waals surface area contributed by atoms with E-state index in [0.29, 0.717) is 13.0 Å². The molecular weight excluding hydrogens is 200 g/mol. The normalized spacial score (nSPS) is 12.6. The minimum absolute atomic E-state index is 0.0176. The molecule has 15 heavy (non-hydrogen) atoms. The van der Waals surface area contributed by atoms with E-state index in [0.717, 1.165) is 12.1 Å². The van der Waals surface area contributed by atoms with Crippen molar-refractivity contribution in [3.8, 4) is 5.75 Å². The molecule has 0 saturated carbocycles. The Balaban J connectivity index is 3.18. The quantitative estimate of drug-likeness (QED) is 0.837. The van der Waals surface area contributed by atoms with Crippen molar-refractivity contribution in [3.63, 3.8) is 0 Å². The summed E-state index contributed by atoms with van der Waals surface area (Å²) in [7, 11) is 1.33. The van der Waals surface area contributed by atoms with E-state index in [2.05, 4.69) is 0 Å². The van der Waals surface area contributed by atoms with E-state index in [1.165, 1.54) is 7.11 Å². The molecule has 1 aromatic carbocycles. The fourth-order valence-corrected chi connectivity index (χ4v) is 1.61. The van der Waals surface area contributed by atoms with E-state index >= 15 is 0 Å². The summed E-state index contributed by atoms with van der Waals surface area (Å²) >= 11 is 0. The average Bonchev–Trinajstić information content (AvgIpc) is 2.21. The number of methoxy groups -OCH3 is 1. The second-order valence-corrected chi connectivity index (χ2v) is 3.45. The molecule has 2 nitrogen and oxygen atoms in total. The van der Waals surface area contributed by atoms with Gasteiger partial charge in [-0.3, -0.25) is 0 Å². The van der Waals surface area contributed by atoms with Crippen molar-refractivity contribution in [2.45, 2.75) is 19.3 Å². The Kier molecular flexibility index (Phi) is 4.03. The van der Waals surface area contributed by atoms with Gasteiger partial charge in [0.25, 0.3) is 0 Å². The predicted molar refractivity (Wildman–Crippen MR) is 55.0 cm³/mol. The standard InChI is InChI=1S/C11H15F2NO/c1-7(5-6-14)10-8(12)3-4-9(13)11(10)15-2/h3-4,7H,5-6,14H2,1-2H3. The molecule has 4 heteroatoms. The van der Waals surface area contributed by atoms with Crippen molar-refractivity contribution in [2.75, 3.05) is 13.7 Å². The molecule has 0 radical (unpaired) electrons. The van der Waals surface area contributed by atoms with Crippen molar-refractivity contribution >= 4 is 0 Å². The van der Waals surface area contributed by atoms with Crippen molar-refractivity contribution in [2.24, 2.45) is 5.73 Å². The SMILES string of the molecule is COc1c(F)ccc(F)c1C(C)CCN. The van der Waals surface area contributed by atoms with Gasteiger partial charge in [-0.1, -0.05) is 6.92 Å². The van der Waals surface area contributed by atoms with Crippen LogP contribution in [0, 0.1) is 11.6 Å². The highest BCUT2D eigenvalue weighted by Gasteiger charge is 2.19. The van der Waals surface area contributed by atoms with Crippen LogP contribution in [-0.4, -0.2) is 13.7 Å². The smallest absolute Gasteiger partial charge is 0.165 e. The van der Waals surface area contributed by atoms with Crippen molar-refractivity contribution in [1.29, 1.82) is 0 Å². The van der Waals surface area contributed by atoms with Crippen molar-refractivity contribution in [1.82, 2.24) is 0 Å². The first kappa shape index (κ1) is 11.9. The van der Waals surface area contributed by atoms with Gasteiger partial charge in [-0.15, -0.1) is 0 Å². The van der Waals surface area contributed by atoms with Gasteiger partial charge in [0.2, 0.25) is 0 Å². The van der Waals surface area contributed by atoms with Crippen LogP contribution in [0.15, 0.2) is 12.1 Å². The first-order valence-electron chi connectivity index (χ1n) is 4.83. The third kappa shape index (κ3) is 2.45. The Morgan fingerprint density at radius 3 is 2.47 bits per heavy atom. The van der Waals surface area contributed by atoms with Crippen LogP contribution in [0.3, 0.4) is 0 Å². The van der Waals surface area contributed by atoms with Crippen LogP contribution in [0.4, 0.5) is 8.78 Å². The predicted octanol–water partition coefficient (Wildman–Crippen LogP) is 2.43. The first-order chi connectivity index (χ1) is 7.11. The summed E-state index contributed by atoms with van der Waals surface area (Å²) in [5, 5.41) is 0. The van der Waals surface area contributed by atoms with E-state index in [9.17, 15) is 8.78 Å². The molecule has 0 saturated heterocycles. The lowest BCUT2D eigenvalue weighted by atomic mass is 9.96. The van der Waals surface area contributed by atoms with E-state index < -0.39 is 11.6 Å². The monoisotopic (exact) mass is 215 g/mol. The van der Waals surface area contributed by atoms with E-state index in [1.54, 1.807) is 6.92 Å². The van der Waals surface area contributed by atoms with Gasteiger partial charge < -0.3 is 10.5 Å². The third-order valence-electron chi connectivity index (χ3n) is 2.39. The Morgan fingerprint density at radius 1 is 1.33 bits per heavy atom. The Hall–Kier alpha value is -1.16. The zero-order valence-corrected chi connectivity index (χ0v) is 8.89. The highest BCUT2D eigenvalue weighted by Crippen LogP contribution is 2.33. The lowest BCUT2D eigenvalue weighted by molar-refractivity contribution is 0.371. The van der Waals surface area contributed by atoms with E-state index in [4.69, 9.17) is 10.5 Å². The highest BCUT2D eigenvalue weighted by atomic mass is 19.1. The topological polar surface area (TPSA) is 35.2 Å². The van der Waals surface area contributed by atoms with Gasteiger partial charge in [0.1, 0.15) is 5.82 Å². The average molecular weight is 215 g/mol. The van der Waals surface area contributed by atoms with Crippen LogP contribution in [-0.2, 0) is 0 Å². The zero-order valence-electron chi connectivity index (χ0n) is 8.89. The molecule has 0 aliphatic heterocycles. The molecule has 2 N–H and O–H groups in total. The van der Waals surface area contributed by atoms with Gasteiger partial charge >= 0.3 is 0 Å². The Bertz CT molecular complexity index is 342. The molecule has 0 aliphatic rings. The molecule has 1 unspecified atom stereocenters. The van der Waals surface area contributed by atoms with Crippen LogP contribution in [0.2, 0.25) is 0 Å². The number of benzene rings is 1. The zero-order chi connectivity index (χ0) is 11.4. The fraction of sp³-hybridized carbons (Fsp3) is 0.455. The molecule has 0 heterocycles. The van der Waals surface area contributed by atoms with Gasteiger partial charge in [0.15, 0.2) is 11.6 Å². The van der Waals surface area contributed by atoms with Crippen LogP contribution in [0.5, 0.6) is 5.75 Å². The Morgan fingerprint density at radius 2 is 1.93 bits per heavy atom. The number of rotatable bonds is 4. The first-order valence-corrected chi connectivity index (χ1v) is 4.83. The number of halogens is 2. The molecule has 84 valence electrons. The number of nitrogens with two attached hydrogens (primary N) is 1. The highest BCUT2D eigenvalue weighted by molar-refractivity contribution is 5.38. The molecule has 0 amide bonds. The fourth-order valence-electron chi connectivity index (χ4n) is 1.61. The molecule has 1 rings (SSSR count). The maximum absolute atomic E-state index is 13.5. The summed E-state index contributed by atoms with van der Waals surface area (Å²) in [6.45, 7) is 2.23. The van der Waals surface area contributed by atoms with Crippen LogP contribution < -0.4 is 10.5 Å². The van der Waals surface area contributed by atoms with E-state index in [-0.39, 0.29) is 17.2 Å². The summed E-state index contributed by atoms with van der Waals surface area (Å²) in [6, 6.07) is 2.17. The summed E-state index contributed by atoms with van der Waals surface area (Å²) < 4.78 is 31.7. The summed E-state index contributed by atoms with van der Waals surface area (Å²) in [6.07, 6.45) is 0.594. The van der Waals surface area contributed by atoms with Crippen molar-refractivity contribution < 1.29 is 13.5 Å². The lowest BCUT2D eigenvalue weighted by Crippen LogP contribution is -2.08. The molecule has 0 aromatic heterocycles. The maximum Gasteiger partial charge on any atom is 0.165 e. The molecule has 0 aliphatic carbocycles. The molecular formula is C11H15F2NO. The van der Waals surface area contributed by atoms with Crippen LogP contribution in [0.1, 0.15) is 24.8 Å². The van der Waals surface area contributed by atoms with Gasteiger partial charge in [-0.2, -0.15) is 0 Å². The third-order valence-corrected chi connectivity index (χ3v) is 2.39. The second-order valence-electron chi connectivity index (χ2n) is 3.45. The van der Waals surface area contributed by atoms with Gasteiger partial charge in [-0.05, 0) is 31.0 Å². The van der Waals surface area contributed by atoms with Crippen LogP contribution in [0.25, 0.3) is 0 Å². The van der Waals surface area contributed by atoms with Crippen LogP contribution >= 0.6 is 0 Å². The summed E-state index contributed by atoms with van der Waals surface area (Å²) in [5.41, 5.74) is 5.66. The minimum Gasteiger partial charge on any atom is -0.493 e. The van der Waals surface area contributed by atoms with Gasteiger partial charge in [-0.25, -0.2) is 8.78 Å². The molecule has 1 aromatic rings. The minimum atomic E-state index is -0.544. The lowest BCUT2D eigenvalue weighted by Gasteiger charge is -2.16. The van der Waals surface area contributed by atoms with E-state index in [1.807, 2.05) is 0 Å². The van der Waals surface area contributed by atoms with Crippen molar-refractivity contribution in [3.05, 3.63) is 29.3 Å². The number of hydrogen-bond acceptors (Lipinski definition) is 2. The van der Waals surface area contributed by atoms with Gasteiger partial charge in [0.05, 0.1) is 7.11 Å². The number of ether oxygens (including phenoxy) is 1. The van der Waals surface area contributed by atoms with Gasteiger partial charge in [0, 0.05) is 5.56 Å². The summed E-state index contributed by atoms with van der Waals surface area (Å²) in [4.78, 5) is 0. The second kappa shape index (κ2) is 5.07. The molecule has 0 fully saturated rings. The Labute approximate surface area is 88.0 Å². The molecule has 0 bridgehead atoms. The molecule has 0 spiro atoms.